The molecule has 0 saturated heterocycles. The smallest absolute Gasteiger partial charge is 0.255 e. The number of carbonyl (C=O) groups excluding carboxylic acids is 1. The first-order valence-electron chi connectivity index (χ1n) is 15.5. The van der Waals surface area contributed by atoms with Crippen molar-refractivity contribution in [3.05, 3.63) is 76.2 Å². The molecule has 0 aliphatic heterocycles. The maximum absolute atomic E-state index is 13.1. The minimum absolute atomic E-state index is 0.0991. The summed E-state index contributed by atoms with van der Waals surface area (Å²) in [4.78, 5) is 13.1. The Labute approximate surface area is 247 Å². The van der Waals surface area contributed by atoms with Gasteiger partial charge in [-0.25, -0.2) is 0 Å². The topological polar surface area (TPSA) is 42.2 Å². The van der Waals surface area contributed by atoms with Crippen LogP contribution in [0.3, 0.4) is 0 Å². The molecule has 3 aromatic rings. The normalized spacial score (nSPS) is 11.5. The molecule has 0 fully saturated rings. The van der Waals surface area contributed by atoms with Crippen LogP contribution in [0, 0.1) is 0 Å². The van der Waals surface area contributed by atoms with Crippen LogP contribution in [-0.2, 0) is 12.0 Å². The molecule has 0 spiro atoms. The molecule has 4 nitrogen and oxygen atoms in total. The molecule has 1 aromatic heterocycles. The molecule has 0 atom stereocenters. The minimum Gasteiger partial charge on any atom is -0.493 e. The molecule has 5 heteroatoms. The van der Waals surface area contributed by atoms with E-state index in [9.17, 15) is 4.79 Å². The first-order chi connectivity index (χ1) is 19.4. The number of rotatable bonds is 18. The first kappa shape index (κ1) is 31.9. The number of aromatic nitrogens is 1. The Kier molecular flexibility index (Phi) is 13.7. The Morgan fingerprint density at radius 3 is 2.05 bits per heavy atom. The van der Waals surface area contributed by atoms with Crippen molar-refractivity contribution in [3.63, 3.8) is 0 Å². The summed E-state index contributed by atoms with van der Waals surface area (Å²) in [6.45, 7) is 10.3. The second kappa shape index (κ2) is 17.2. The number of hydrogen-bond acceptors (Lipinski definition) is 3. The molecule has 1 amide bonds. The second-order valence-electron chi connectivity index (χ2n) is 12.0. The van der Waals surface area contributed by atoms with Gasteiger partial charge in [-0.3, -0.25) is 4.79 Å². The van der Waals surface area contributed by atoms with Gasteiger partial charge in [-0.2, -0.15) is 4.57 Å². The van der Waals surface area contributed by atoms with Crippen LogP contribution in [-0.4, -0.2) is 12.5 Å². The number of hydrogen-bond donors (Lipinski definition) is 1. The number of amides is 1. The van der Waals surface area contributed by atoms with Crippen LogP contribution in [0.5, 0.6) is 5.75 Å². The summed E-state index contributed by atoms with van der Waals surface area (Å²) in [6.07, 6.45) is 18.1. The van der Waals surface area contributed by atoms with Gasteiger partial charge in [0.05, 0.1) is 12.0 Å². The average Bonchev–Trinajstić information content (AvgIpc) is 3.45. The van der Waals surface area contributed by atoms with Gasteiger partial charge in [0.2, 0.25) is 5.51 Å². The number of anilines is 1. The highest BCUT2D eigenvalue weighted by molar-refractivity contribution is 7.07. The molecular formula is C35H51N2O2S+. The lowest BCUT2D eigenvalue weighted by Crippen LogP contribution is -2.30. The van der Waals surface area contributed by atoms with Crippen LogP contribution in [0.25, 0.3) is 0 Å². The van der Waals surface area contributed by atoms with Gasteiger partial charge in [-0.05, 0) is 42.2 Å². The predicted molar refractivity (Wildman–Crippen MR) is 170 cm³/mol. The zero-order chi connectivity index (χ0) is 28.6. The van der Waals surface area contributed by atoms with E-state index in [-0.39, 0.29) is 11.3 Å². The van der Waals surface area contributed by atoms with E-state index in [0.717, 1.165) is 36.6 Å². The zero-order valence-corrected chi connectivity index (χ0v) is 26.2. The van der Waals surface area contributed by atoms with E-state index < -0.39 is 0 Å². The van der Waals surface area contributed by atoms with Crippen LogP contribution in [0.1, 0.15) is 126 Å². The molecule has 0 unspecified atom stereocenters. The van der Waals surface area contributed by atoms with Gasteiger partial charge in [0.25, 0.3) is 5.91 Å². The Morgan fingerprint density at radius 1 is 0.850 bits per heavy atom. The van der Waals surface area contributed by atoms with E-state index in [1.54, 1.807) is 11.3 Å². The van der Waals surface area contributed by atoms with Crippen molar-refractivity contribution in [2.45, 2.75) is 117 Å². The number of thiazole rings is 1. The van der Waals surface area contributed by atoms with Gasteiger partial charge in [0, 0.05) is 22.4 Å². The van der Waals surface area contributed by atoms with Gasteiger partial charge >= 0.3 is 0 Å². The number of nitrogens with one attached hydrogen (secondary N) is 1. The summed E-state index contributed by atoms with van der Waals surface area (Å²) in [6, 6.07) is 13.9. The Balaban J connectivity index is 1.41. The second-order valence-corrected chi connectivity index (χ2v) is 12.8. The highest BCUT2D eigenvalue weighted by Gasteiger charge is 2.21. The van der Waals surface area contributed by atoms with E-state index in [1.807, 2.05) is 30.3 Å². The van der Waals surface area contributed by atoms with Crippen molar-refractivity contribution >= 4 is 22.9 Å². The van der Waals surface area contributed by atoms with Gasteiger partial charge < -0.3 is 10.1 Å². The Morgan fingerprint density at radius 2 is 1.48 bits per heavy atom. The fourth-order valence-corrected chi connectivity index (χ4v) is 5.57. The van der Waals surface area contributed by atoms with Gasteiger partial charge in [-0.1, -0.05) is 122 Å². The maximum atomic E-state index is 13.1. The van der Waals surface area contributed by atoms with Gasteiger partial charge in [0.1, 0.15) is 5.75 Å². The summed E-state index contributed by atoms with van der Waals surface area (Å²) in [5, 5.41) is 5.12. The van der Waals surface area contributed by atoms with E-state index in [1.165, 1.54) is 76.2 Å². The highest BCUT2D eigenvalue weighted by Crippen LogP contribution is 2.33. The molecule has 3 rings (SSSR count). The Bertz CT molecular complexity index is 1120. The number of ether oxygens (including phenoxy) is 1. The van der Waals surface area contributed by atoms with E-state index in [2.05, 4.69) is 66.8 Å². The number of nitrogens with zero attached hydrogens (tertiary/aromatic N) is 1. The van der Waals surface area contributed by atoms with Crippen molar-refractivity contribution in [1.82, 2.24) is 0 Å². The lowest BCUT2D eigenvalue weighted by atomic mass is 9.85. The van der Waals surface area contributed by atoms with Crippen LogP contribution in [0.4, 0.5) is 5.69 Å². The molecule has 2 aromatic carbocycles. The summed E-state index contributed by atoms with van der Waals surface area (Å²) < 4.78 is 8.38. The number of benzene rings is 2. The van der Waals surface area contributed by atoms with Crippen molar-refractivity contribution in [2.75, 3.05) is 11.9 Å². The van der Waals surface area contributed by atoms with Crippen LogP contribution in [0.15, 0.2) is 59.6 Å². The standard InChI is InChI=1S/C35H50N2O2S/c1-5-6-7-8-9-10-11-12-13-14-15-16-24-39-33-22-19-30(26-32(33)35(2,3)4)34(38)36-31-20-17-29(18-21-31)27-37-23-25-40-28-37/h17-23,25-26,28H,5-16,24,27H2,1-4H3/p+1. The van der Waals surface area contributed by atoms with Gasteiger partial charge in [-0.15, -0.1) is 0 Å². The van der Waals surface area contributed by atoms with Crippen LogP contribution in [0.2, 0.25) is 0 Å². The van der Waals surface area contributed by atoms with E-state index >= 15 is 0 Å². The van der Waals surface area contributed by atoms with Crippen molar-refractivity contribution in [1.29, 1.82) is 0 Å². The number of unbranched alkanes of at least 4 members (excludes halogenated alkanes) is 11. The van der Waals surface area contributed by atoms with Crippen LogP contribution < -0.4 is 14.6 Å². The fourth-order valence-electron chi connectivity index (χ4n) is 4.97. The molecule has 218 valence electrons. The molecule has 0 aliphatic rings. The third-order valence-electron chi connectivity index (χ3n) is 7.41. The van der Waals surface area contributed by atoms with Gasteiger partial charge in [0.15, 0.2) is 12.7 Å². The van der Waals surface area contributed by atoms with Crippen molar-refractivity contribution in [3.8, 4) is 5.75 Å². The van der Waals surface area contributed by atoms with Crippen molar-refractivity contribution < 1.29 is 14.1 Å². The fraction of sp³-hybridized carbons (Fsp3) is 0.543. The molecule has 1 N–H and O–H groups in total. The molecular weight excluding hydrogens is 512 g/mol. The van der Waals surface area contributed by atoms with Crippen molar-refractivity contribution in [2.24, 2.45) is 0 Å². The maximum Gasteiger partial charge on any atom is 0.255 e. The quantitative estimate of drug-likeness (QED) is 0.124. The number of carbonyl (C=O) groups is 1. The minimum atomic E-state index is -0.122. The lowest BCUT2D eigenvalue weighted by Gasteiger charge is -2.23. The largest absolute Gasteiger partial charge is 0.493 e. The summed E-state index contributed by atoms with van der Waals surface area (Å²) in [7, 11) is 0. The summed E-state index contributed by atoms with van der Waals surface area (Å²) >= 11 is 1.68. The molecule has 0 saturated carbocycles. The lowest BCUT2D eigenvalue weighted by molar-refractivity contribution is -0.683. The third-order valence-corrected chi connectivity index (χ3v) is 8.08. The SMILES string of the molecule is CCCCCCCCCCCCCCOc1ccc(C(=O)Nc2ccc(C[n+]3ccsc3)cc2)cc1C(C)(C)C. The van der Waals surface area contributed by atoms with E-state index in [0.29, 0.717) is 5.56 Å². The molecule has 0 aliphatic carbocycles. The average molecular weight is 564 g/mol. The Hall–Kier alpha value is -2.66. The van der Waals surface area contributed by atoms with Crippen LogP contribution >= 0.6 is 11.3 Å². The predicted octanol–water partition coefficient (Wildman–Crippen LogP) is 9.71. The third kappa shape index (κ3) is 11.4. The summed E-state index contributed by atoms with van der Waals surface area (Å²) in [5.74, 6) is 0.792. The molecule has 0 radical (unpaired) electrons. The zero-order valence-electron chi connectivity index (χ0n) is 25.3. The molecule has 40 heavy (non-hydrogen) atoms. The monoisotopic (exact) mass is 563 g/mol. The van der Waals surface area contributed by atoms with E-state index in [4.69, 9.17) is 4.74 Å². The molecule has 0 bridgehead atoms. The highest BCUT2D eigenvalue weighted by atomic mass is 32.1. The molecule has 1 heterocycles. The first-order valence-corrected chi connectivity index (χ1v) is 16.4. The summed E-state index contributed by atoms with van der Waals surface area (Å²) in [5.41, 5.74) is 5.69.